The zero-order valence-corrected chi connectivity index (χ0v) is 10.2. The summed E-state index contributed by atoms with van der Waals surface area (Å²) in [5, 5.41) is 9.44. The van der Waals surface area contributed by atoms with E-state index < -0.39 is 13.4 Å². The summed E-state index contributed by atoms with van der Waals surface area (Å²) >= 11 is 0. The third-order valence-corrected chi connectivity index (χ3v) is 3.42. The number of hydrogen-bond donors (Lipinski definition) is 3. The zero-order valence-electron chi connectivity index (χ0n) is 9.34. The van der Waals surface area contributed by atoms with Crippen molar-refractivity contribution in [2.75, 3.05) is 0 Å². The van der Waals surface area contributed by atoms with E-state index in [2.05, 4.69) is 4.98 Å². The molecule has 0 aliphatic heterocycles. The minimum Gasteiger partial charge on any atom is -0.376 e. The molecule has 0 amide bonds. The molecule has 94 valence electrons. The van der Waals surface area contributed by atoms with E-state index in [9.17, 15) is 9.67 Å². The van der Waals surface area contributed by atoms with Gasteiger partial charge in [-0.15, -0.1) is 0 Å². The second-order valence-corrected chi connectivity index (χ2v) is 5.47. The van der Waals surface area contributed by atoms with Gasteiger partial charge in [0.25, 0.3) is 0 Å². The van der Waals surface area contributed by atoms with Gasteiger partial charge in [0.2, 0.25) is 0 Å². The largest absolute Gasteiger partial charge is 0.376 e. The molecular weight excluding hydrogens is 253 g/mol. The van der Waals surface area contributed by atoms with Gasteiger partial charge in [0.05, 0.1) is 5.69 Å². The van der Waals surface area contributed by atoms with E-state index in [1.807, 2.05) is 12.1 Å². The number of rotatable bonds is 3. The molecule has 0 spiro atoms. The second-order valence-electron chi connectivity index (χ2n) is 3.80. The van der Waals surface area contributed by atoms with Crippen LogP contribution in [0.1, 0.15) is 11.4 Å². The number of aliphatic hydroxyl groups excluding tert-OH is 1. The van der Waals surface area contributed by atoms with E-state index in [-0.39, 0.29) is 5.56 Å². The van der Waals surface area contributed by atoms with Gasteiger partial charge in [0, 0.05) is 11.8 Å². The fourth-order valence-corrected chi connectivity index (χ4v) is 2.11. The van der Waals surface area contributed by atoms with Gasteiger partial charge < -0.3 is 14.9 Å². The van der Waals surface area contributed by atoms with Gasteiger partial charge in [0.1, 0.15) is 0 Å². The van der Waals surface area contributed by atoms with Crippen LogP contribution in [0.2, 0.25) is 0 Å². The van der Waals surface area contributed by atoms with Crippen molar-refractivity contribution in [1.82, 2.24) is 4.98 Å². The summed E-state index contributed by atoms with van der Waals surface area (Å²) in [6.07, 6.45) is 1.66. The average Bonchev–Trinajstić information content (AvgIpc) is 2.38. The van der Waals surface area contributed by atoms with Crippen LogP contribution >= 0.6 is 7.60 Å². The van der Waals surface area contributed by atoms with Crippen LogP contribution in [-0.4, -0.2) is 19.9 Å². The van der Waals surface area contributed by atoms with Crippen LogP contribution in [0.3, 0.4) is 0 Å². The van der Waals surface area contributed by atoms with Crippen LogP contribution in [0.5, 0.6) is 0 Å². The molecule has 0 aliphatic carbocycles. The van der Waals surface area contributed by atoms with Crippen LogP contribution in [0.4, 0.5) is 0 Å². The lowest BCUT2D eigenvalue weighted by Crippen LogP contribution is -1.98. The number of aliphatic hydroxyl groups is 1. The Morgan fingerprint density at radius 2 is 1.72 bits per heavy atom. The highest BCUT2D eigenvalue weighted by molar-refractivity contribution is 7.51. The van der Waals surface area contributed by atoms with Gasteiger partial charge in [-0.05, 0) is 17.7 Å². The predicted octanol–water partition coefficient (Wildman–Crippen LogP) is 1.92. The van der Waals surface area contributed by atoms with Gasteiger partial charge in [-0.2, -0.15) is 0 Å². The van der Waals surface area contributed by atoms with Crippen molar-refractivity contribution < 1.29 is 19.5 Å². The summed E-state index contributed by atoms with van der Waals surface area (Å²) in [6.45, 7) is 0. The van der Waals surface area contributed by atoms with Crippen molar-refractivity contribution in [2.24, 2.45) is 0 Å². The molecule has 1 aromatic carbocycles. The molecule has 1 atom stereocenters. The summed E-state index contributed by atoms with van der Waals surface area (Å²) in [6, 6.07) is 11.8. The molecule has 6 heteroatoms. The van der Waals surface area contributed by atoms with E-state index >= 15 is 0 Å². The molecule has 1 unspecified atom stereocenters. The molecule has 1 heterocycles. The van der Waals surface area contributed by atoms with Gasteiger partial charge in [-0.25, -0.2) is 0 Å². The first kappa shape index (κ1) is 12.9. The highest BCUT2D eigenvalue weighted by atomic mass is 31.2. The van der Waals surface area contributed by atoms with Crippen molar-refractivity contribution in [3.8, 4) is 11.3 Å². The average molecular weight is 265 g/mol. The molecule has 2 aromatic rings. The first-order chi connectivity index (χ1) is 8.48. The summed E-state index contributed by atoms with van der Waals surface area (Å²) in [5.74, 6) is -1.78. The topological polar surface area (TPSA) is 90.7 Å². The van der Waals surface area contributed by atoms with E-state index in [1.165, 1.54) is 12.1 Å². The van der Waals surface area contributed by atoms with Gasteiger partial charge in [-0.3, -0.25) is 9.55 Å². The highest BCUT2D eigenvalue weighted by Crippen LogP contribution is 2.49. The number of hydrogen-bond acceptors (Lipinski definition) is 3. The molecule has 0 fully saturated rings. The monoisotopic (exact) mass is 265 g/mol. The standard InChI is InChI=1S/C12H12NO4P/c14-12(18(15,16)17)10-6-4-9(5-7-10)11-3-1-2-8-13-11/h1-8,12,14H,(H2,15,16,17). The highest BCUT2D eigenvalue weighted by Gasteiger charge is 2.27. The van der Waals surface area contributed by atoms with Crippen LogP contribution in [0.15, 0.2) is 48.7 Å². The smallest absolute Gasteiger partial charge is 0.358 e. The molecule has 0 saturated carbocycles. The normalized spacial score (nSPS) is 13.3. The quantitative estimate of drug-likeness (QED) is 0.737. The number of nitrogens with zero attached hydrogens (tertiary/aromatic N) is 1. The van der Waals surface area contributed by atoms with E-state index in [4.69, 9.17) is 9.79 Å². The summed E-state index contributed by atoms with van der Waals surface area (Å²) in [7, 11) is -4.53. The fraction of sp³-hybridized carbons (Fsp3) is 0.0833. The first-order valence-corrected chi connectivity index (χ1v) is 6.91. The minimum atomic E-state index is -4.53. The Kier molecular flexibility index (Phi) is 3.59. The Balaban J connectivity index is 2.29. The Bertz CT molecular complexity index is 564. The lowest BCUT2D eigenvalue weighted by molar-refractivity contribution is 0.205. The summed E-state index contributed by atoms with van der Waals surface area (Å²) in [5.41, 5.74) is 1.76. The zero-order chi connectivity index (χ0) is 13.2. The molecular formula is C12H12NO4P. The second kappa shape index (κ2) is 5.00. The fourth-order valence-electron chi connectivity index (χ4n) is 1.55. The molecule has 3 N–H and O–H groups in total. The molecule has 0 saturated heterocycles. The van der Waals surface area contributed by atoms with Crippen molar-refractivity contribution in [1.29, 1.82) is 0 Å². The van der Waals surface area contributed by atoms with Gasteiger partial charge in [0.15, 0.2) is 5.85 Å². The lowest BCUT2D eigenvalue weighted by atomic mass is 10.1. The van der Waals surface area contributed by atoms with Crippen molar-refractivity contribution >= 4 is 7.60 Å². The van der Waals surface area contributed by atoms with Gasteiger partial charge in [-0.1, -0.05) is 30.3 Å². The minimum absolute atomic E-state index is 0.183. The maximum atomic E-state index is 10.9. The Labute approximate surface area is 104 Å². The molecule has 2 rings (SSSR count). The van der Waals surface area contributed by atoms with Crippen LogP contribution < -0.4 is 0 Å². The van der Waals surface area contributed by atoms with Crippen LogP contribution in [-0.2, 0) is 4.57 Å². The van der Waals surface area contributed by atoms with Crippen LogP contribution in [0.25, 0.3) is 11.3 Å². The van der Waals surface area contributed by atoms with Crippen molar-refractivity contribution in [2.45, 2.75) is 5.85 Å². The number of benzene rings is 1. The van der Waals surface area contributed by atoms with Crippen LogP contribution in [0, 0.1) is 0 Å². The number of pyridine rings is 1. The molecule has 0 radical (unpaired) electrons. The summed E-state index contributed by atoms with van der Waals surface area (Å²) < 4.78 is 10.9. The van der Waals surface area contributed by atoms with E-state index in [0.29, 0.717) is 0 Å². The maximum Gasteiger partial charge on any atom is 0.358 e. The summed E-state index contributed by atoms with van der Waals surface area (Å²) in [4.78, 5) is 21.9. The maximum absolute atomic E-state index is 10.9. The molecule has 0 bridgehead atoms. The van der Waals surface area contributed by atoms with Gasteiger partial charge >= 0.3 is 7.60 Å². The van der Waals surface area contributed by atoms with E-state index in [0.717, 1.165) is 11.3 Å². The SMILES string of the molecule is O=P(O)(O)C(O)c1ccc(-c2ccccn2)cc1. The van der Waals surface area contributed by atoms with Crippen molar-refractivity contribution in [3.05, 3.63) is 54.2 Å². The van der Waals surface area contributed by atoms with E-state index in [1.54, 1.807) is 24.4 Å². The Morgan fingerprint density at radius 3 is 2.22 bits per heavy atom. The Morgan fingerprint density at radius 1 is 1.06 bits per heavy atom. The first-order valence-electron chi connectivity index (χ1n) is 5.23. The van der Waals surface area contributed by atoms with Crippen molar-refractivity contribution in [3.63, 3.8) is 0 Å². The molecule has 0 aliphatic rings. The Hall–Kier alpha value is -1.52. The lowest BCUT2D eigenvalue weighted by Gasteiger charge is -2.12. The third kappa shape index (κ3) is 2.83. The molecule has 18 heavy (non-hydrogen) atoms. The predicted molar refractivity (Wildman–Crippen MR) is 66.7 cm³/mol. The number of aromatic nitrogens is 1. The molecule has 1 aromatic heterocycles. The molecule has 5 nitrogen and oxygen atoms in total. The third-order valence-electron chi connectivity index (χ3n) is 2.49.